The lowest BCUT2D eigenvalue weighted by Crippen LogP contribution is -2.26. The summed E-state index contributed by atoms with van der Waals surface area (Å²) in [5, 5.41) is 14.2. The number of nitrogens with zero attached hydrogens (tertiary/aromatic N) is 5. The number of nitriles is 1. The first-order valence-electron chi connectivity index (χ1n) is 12.2. The second-order valence-electron chi connectivity index (χ2n) is 9.22. The van der Waals surface area contributed by atoms with Crippen LogP contribution in [0.4, 0.5) is 17.5 Å². The van der Waals surface area contributed by atoms with Gasteiger partial charge >= 0.3 is 0 Å². The van der Waals surface area contributed by atoms with E-state index in [0.717, 1.165) is 33.6 Å². The van der Waals surface area contributed by atoms with Crippen molar-refractivity contribution in [3.8, 4) is 22.9 Å². The van der Waals surface area contributed by atoms with Crippen LogP contribution in [-0.4, -0.2) is 28.6 Å². The average molecular weight is 502 g/mol. The molecule has 0 bridgehead atoms. The van der Waals surface area contributed by atoms with E-state index in [-0.39, 0.29) is 17.1 Å². The molecule has 2 heterocycles. The number of fused-ring (bicyclic) bond motifs is 1. The van der Waals surface area contributed by atoms with E-state index >= 15 is 0 Å². The highest BCUT2D eigenvalue weighted by Gasteiger charge is 2.20. The summed E-state index contributed by atoms with van der Waals surface area (Å²) >= 11 is 0. The first-order chi connectivity index (χ1) is 18.4. The predicted molar refractivity (Wildman–Crippen MR) is 153 cm³/mol. The minimum atomic E-state index is -0.392. The zero-order chi connectivity index (χ0) is 26.8. The van der Waals surface area contributed by atoms with Crippen LogP contribution in [0.2, 0.25) is 0 Å². The van der Waals surface area contributed by atoms with E-state index in [0.29, 0.717) is 11.2 Å². The molecular weight excluding hydrogens is 474 g/mol. The molecule has 0 aliphatic heterocycles. The normalized spacial score (nSPS) is 11.6. The Kier molecular flexibility index (Phi) is 6.50. The van der Waals surface area contributed by atoms with Crippen LogP contribution in [0.5, 0.6) is 0 Å². The van der Waals surface area contributed by atoms with Gasteiger partial charge in [0.2, 0.25) is 5.95 Å². The summed E-state index contributed by atoms with van der Waals surface area (Å²) in [7, 11) is 4.00. The van der Waals surface area contributed by atoms with E-state index in [2.05, 4.69) is 21.4 Å². The van der Waals surface area contributed by atoms with E-state index in [1.165, 1.54) is 6.20 Å². The van der Waals surface area contributed by atoms with E-state index in [1.54, 1.807) is 4.57 Å². The molecule has 1 unspecified atom stereocenters. The van der Waals surface area contributed by atoms with Crippen LogP contribution < -0.4 is 21.5 Å². The molecule has 0 radical (unpaired) electrons. The minimum absolute atomic E-state index is 0.0580. The minimum Gasteiger partial charge on any atom is -0.378 e. The maximum Gasteiger partial charge on any atom is 0.263 e. The number of hydrogen-bond donors (Lipinski definition) is 2. The molecule has 8 nitrogen and oxygen atoms in total. The largest absolute Gasteiger partial charge is 0.378 e. The number of benzene rings is 3. The molecule has 3 N–H and O–H groups in total. The van der Waals surface area contributed by atoms with Gasteiger partial charge in [0.05, 0.1) is 17.6 Å². The Balaban J connectivity index is 1.72. The Morgan fingerprint density at radius 1 is 1.03 bits per heavy atom. The van der Waals surface area contributed by atoms with Crippen LogP contribution in [-0.2, 0) is 0 Å². The molecule has 38 heavy (non-hydrogen) atoms. The van der Waals surface area contributed by atoms with Crippen LogP contribution in [0.25, 0.3) is 27.6 Å². The van der Waals surface area contributed by atoms with Crippen molar-refractivity contribution >= 4 is 28.2 Å². The van der Waals surface area contributed by atoms with Gasteiger partial charge in [-0.2, -0.15) is 10.2 Å². The van der Waals surface area contributed by atoms with E-state index in [1.807, 2.05) is 105 Å². The Morgan fingerprint density at radius 2 is 1.76 bits per heavy atom. The molecule has 5 aromatic rings. The van der Waals surface area contributed by atoms with Crippen molar-refractivity contribution in [1.82, 2.24) is 14.5 Å². The predicted octanol–water partition coefficient (Wildman–Crippen LogP) is 5.14. The summed E-state index contributed by atoms with van der Waals surface area (Å²) in [5.74, 6) is 0.372. The van der Waals surface area contributed by atoms with Gasteiger partial charge in [0.25, 0.3) is 5.56 Å². The fraction of sp³-hybridized carbons (Fsp3) is 0.133. The highest BCUT2D eigenvalue weighted by Crippen LogP contribution is 2.31. The van der Waals surface area contributed by atoms with E-state index < -0.39 is 6.04 Å². The molecule has 1 atom stereocenters. The lowest BCUT2D eigenvalue weighted by Gasteiger charge is -2.22. The molecule has 0 amide bonds. The van der Waals surface area contributed by atoms with Gasteiger partial charge in [0.1, 0.15) is 17.5 Å². The Morgan fingerprint density at radius 3 is 2.45 bits per heavy atom. The van der Waals surface area contributed by atoms with E-state index in [9.17, 15) is 10.1 Å². The third-order valence-electron chi connectivity index (χ3n) is 6.51. The molecular formula is C30H27N7O. The summed E-state index contributed by atoms with van der Waals surface area (Å²) in [6.07, 6.45) is 1.38. The van der Waals surface area contributed by atoms with Crippen molar-refractivity contribution < 1.29 is 0 Å². The number of aromatic nitrogens is 3. The Labute approximate surface area is 220 Å². The Hall–Kier alpha value is -5.16. The number of hydrogen-bond acceptors (Lipinski definition) is 7. The lowest BCUT2D eigenvalue weighted by atomic mass is 9.97. The van der Waals surface area contributed by atoms with Gasteiger partial charge in [-0.1, -0.05) is 48.5 Å². The topological polar surface area (TPSA) is 113 Å². The third kappa shape index (κ3) is 4.53. The number of nitrogens with two attached hydrogens (primary N) is 1. The van der Waals surface area contributed by atoms with Crippen LogP contribution in [0.1, 0.15) is 24.2 Å². The zero-order valence-corrected chi connectivity index (χ0v) is 21.4. The van der Waals surface area contributed by atoms with Crippen molar-refractivity contribution in [3.63, 3.8) is 0 Å². The summed E-state index contributed by atoms with van der Waals surface area (Å²) < 4.78 is 1.72. The average Bonchev–Trinajstić information content (AvgIpc) is 2.93. The number of anilines is 3. The second-order valence-corrected chi connectivity index (χ2v) is 9.22. The van der Waals surface area contributed by atoms with Crippen molar-refractivity contribution in [2.24, 2.45) is 0 Å². The number of rotatable bonds is 6. The van der Waals surface area contributed by atoms with Gasteiger partial charge in [-0.3, -0.25) is 9.36 Å². The van der Waals surface area contributed by atoms with Crippen molar-refractivity contribution in [1.29, 1.82) is 5.26 Å². The molecule has 0 saturated carbocycles. The SMILES string of the molecule is CC(Nc1nc(N)ncc1C#N)c1cc2cccc(-c3ccc(N(C)C)cc3)c2c(=O)n1-c1ccccc1. The molecule has 8 heteroatoms. The number of pyridine rings is 1. The van der Waals surface area contributed by atoms with Gasteiger partial charge in [-0.25, -0.2) is 4.98 Å². The molecule has 0 aliphatic rings. The summed E-state index contributed by atoms with van der Waals surface area (Å²) in [6.45, 7) is 1.92. The molecule has 0 fully saturated rings. The van der Waals surface area contributed by atoms with Gasteiger partial charge in [0, 0.05) is 31.2 Å². The van der Waals surface area contributed by atoms with Crippen molar-refractivity contribution in [2.75, 3.05) is 30.0 Å². The first kappa shape index (κ1) is 24.5. The van der Waals surface area contributed by atoms with Gasteiger partial charge in [0.15, 0.2) is 0 Å². The highest BCUT2D eigenvalue weighted by molar-refractivity contribution is 5.96. The fourth-order valence-electron chi connectivity index (χ4n) is 4.59. The molecule has 5 rings (SSSR count). The van der Waals surface area contributed by atoms with Crippen molar-refractivity contribution in [3.05, 3.63) is 107 Å². The number of nitrogens with one attached hydrogen (secondary N) is 1. The maximum absolute atomic E-state index is 14.3. The van der Waals surface area contributed by atoms with Crippen molar-refractivity contribution in [2.45, 2.75) is 13.0 Å². The molecule has 3 aromatic carbocycles. The number of nitrogen functional groups attached to an aromatic ring is 1. The number of para-hydroxylation sites is 1. The first-order valence-corrected chi connectivity index (χ1v) is 12.2. The molecule has 0 spiro atoms. The highest BCUT2D eigenvalue weighted by atomic mass is 16.1. The van der Waals surface area contributed by atoms with Crippen LogP contribution >= 0.6 is 0 Å². The molecule has 0 saturated heterocycles. The van der Waals surface area contributed by atoms with Gasteiger partial charge in [-0.15, -0.1) is 0 Å². The summed E-state index contributed by atoms with van der Waals surface area (Å²) in [5.41, 5.74) is 10.3. The summed E-state index contributed by atoms with van der Waals surface area (Å²) in [6, 6.07) is 27.3. The third-order valence-corrected chi connectivity index (χ3v) is 6.51. The van der Waals surface area contributed by atoms with Crippen LogP contribution in [0.3, 0.4) is 0 Å². The standard InChI is InChI=1S/C30H27N7O/c1-19(34-28-22(17-31)18-33-30(32)35-28)26-16-21-8-7-11-25(20-12-14-23(15-13-20)36(2)3)27(21)29(38)37(26)24-9-5-4-6-10-24/h4-16,18-19H,1-3H3,(H3,32,33,34,35). The lowest BCUT2D eigenvalue weighted by molar-refractivity contribution is 0.772. The van der Waals surface area contributed by atoms with Crippen LogP contribution in [0.15, 0.2) is 89.9 Å². The fourth-order valence-corrected chi connectivity index (χ4v) is 4.59. The van der Waals surface area contributed by atoms with Gasteiger partial charge < -0.3 is 16.0 Å². The van der Waals surface area contributed by atoms with Crippen LogP contribution in [0, 0.1) is 11.3 Å². The van der Waals surface area contributed by atoms with Gasteiger partial charge in [-0.05, 0) is 53.8 Å². The quantitative estimate of drug-likeness (QED) is 0.331. The molecule has 2 aromatic heterocycles. The smallest absolute Gasteiger partial charge is 0.263 e. The maximum atomic E-state index is 14.3. The van der Waals surface area contributed by atoms with E-state index in [4.69, 9.17) is 5.73 Å². The monoisotopic (exact) mass is 501 g/mol. The molecule has 188 valence electrons. The second kappa shape index (κ2) is 10.1. The Bertz CT molecular complexity index is 1720. The summed E-state index contributed by atoms with van der Waals surface area (Å²) in [4.78, 5) is 24.4. The molecule has 0 aliphatic carbocycles. The zero-order valence-electron chi connectivity index (χ0n) is 21.4.